The molecule has 0 aliphatic carbocycles. The fraction of sp³-hybridized carbons (Fsp3) is 0.571. The summed E-state index contributed by atoms with van der Waals surface area (Å²) in [5.41, 5.74) is 1.03. The molecule has 0 aliphatic heterocycles. The van der Waals surface area contributed by atoms with Crippen LogP contribution in [0.5, 0.6) is 11.5 Å². The van der Waals surface area contributed by atoms with Crippen LogP contribution in [0.2, 0.25) is 5.02 Å². The van der Waals surface area contributed by atoms with Gasteiger partial charge >= 0.3 is 0 Å². The summed E-state index contributed by atoms with van der Waals surface area (Å²) in [6.07, 6.45) is 0. The van der Waals surface area contributed by atoms with Crippen molar-refractivity contribution in [1.82, 2.24) is 5.32 Å². The Kier molecular flexibility index (Phi) is 6.30. The van der Waals surface area contributed by atoms with E-state index in [2.05, 4.69) is 19.2 Å². The van der Waals surface area contributed by atoms with Gasteiger partial charge in [-0.2, -0.15) is 0 Å². The lowest BCUT2D eigenvalue weighted by molar-refractivity contribution is 0.287. The molecule has 1 rings (SSSR count). The van der Waals surface area contributed by atoms with E-state index in [1.165, 1.54) is 0 Å². The number of halogens is 1. The topological polar surface area (TPSA) is 30.5 Å². The molecule has 102 valence electrons. The largest absolute Gasteiger partial charge is 0.490 e. The second-order valence-corrected chi connectivity index (χ2v) is 4.70. The van der Waals surface area contributed by atoms with Gasteiger partial charge in [-0.25, -0.2) is 0 Å². The first-order valence-corrected chi connectivity index (χ1v) is 6.77. The quantitative estimate of drug-likeness (QED) is 0.821. The molecule has 0 bridgehead atoms. The summed E-state index contributed by atoms with van der Waals surface area (Å²) in [5.74, 6) is 1.46. The number of nitrogens with one attached hydrogen (secondary N) is 1. The van der Waals surface area contributed by atoms with E-state index in [-0.39, 0.29) is 0 Å². The van der Waals surface area contributed by atoms with E-state index >= 15 is 0 Å². The minimum absolute atomic E-state index is 0.420. The first kappa shape index (κ1) is 15.1. The van der Waals surface area contributed by atoms with Crippen LogP contribution in [0.25, 0.3) is 0 Å². The van der Waals surface area contributed by atoms with Crippen molar-refractivity contribution in [3.63, 3.8) is 0 Å². The van der Waals surface area contributed by atoms with Gasteiger partial charge < -0.3 is 14.8 Å². The van der Waals surface area contributed by atoms with Crippen molar-refractivity contribution >= 4 is 11.6 Å². The van der Waals surface area contributed by atoms with Crippen molar-refractivity contribution < 1.29 is 9.47 Å². The molecule has 0 fully saturated rings. The van der Waals surface area contributed by atoms with Crippen LogP contribution in [0.15, 0.2) is 12.1 Å². The van der Waals surface area contributed by atoms with Gasteiger partial charge in [0, 0.05) is 23.7 Å². The lowest BCUT2D eigenvalue weighted by Gasteiger charge is -2.15. The smallest absolute Gasteiger partial charge is 0.162 e. The van der Waals surface area contributed by atoms with Crippen molar-refractivity contribution in [2.75, 3.05) is 13.2 Å². The maximum Gasteiger partial charge on any atom is 0.162 e. The number of ether oxygens (including phenoxy) is 2. The van der Waals surface area contributed by atoms with Gasteiger partial charge in [0.05, 0.1) is 13.2 Å². The number of hydrogen-bond donors (Lipinski definition) is 1. The molecule has 3 nitrogen and oxygen atoms in total. The van der Waals surface area contributed by atoms with Crippen LogP contribution in [0, 0.1) is 0 Å². The molecule has 0 amide bonds. The van der Waals surface area contributed by atoms with E-state index in [0.29, 0.717) is 30.0 Å². The molecule has 18 heavy (non-hydrogen) atoms. The van der Waals surface area contributed by atoms with Crippen LogP contribution in [0.4, 0.5) is 0 Å². The highest BCUT2D eigenvalue weighted by Gasteiger charge is 2.11. The highest BCUT2D eigenvalue weighted by molar-refractivity contribution is 6.31. The molecular weight excluding hydrogens is 250 g/mol. The molecule has 0 aliphatic rings. The average molecular weight is 272 g/mol. The minimum Gasteiger partial charge on any atom is -0.490 e. The molecule has 0 heterocycles. The Bertz CT molecular complexity index is 380. The molecule has 4 heteroatoms. The van der Waals surface area contributed by atoms with Gasteiger partial charge in [0.15, 0.2) is 11.5 Å². The van der Waals surface area contributed by atoms with Gasteiger partial charge in [-0.1, -0.05) is 25.4 Å². The molecule has 0 saturated carbocycles. The van der Waals surface area contributed by atoms with Crippen LogP contribution in [-0.2, 0) is 6.54 Å². The van der Waals surface area contributed by atoms with Crippen LogP contribution >= 0.6 is 11.6 Å². The average Bonchev–Trinajstić information content (AvgIpc) is 2.31. The maximum absolute atomic E-state index is 6.25. The van der Waals surface area contributed by atoms with Gasteiger partial charge in [-0.05, 0) is 25.5 Å². The molecule has 0 atom stereocenters. The number of benzene rings is 1. The summed E-state index contributed by atoms with van der Waals surface area (Å²) >= 11 is 6.25. The number of rotatable bonds is 7. The molecule has 0 spiro atoms. The van der Waals surface area contributed by atoms with Crippen molar-refractivity contribution in [1.29, 1.82) is 0 Å². The van der Waals surface area contributed by atoms with Crippen molar-refractivity contribution in [3.8, 4) is 11.5 Å². The summed E-state index contributed by atoms with van der Waals surface area (Å²) in [5, 5.41) is 4.05. The Morgan fingerprint density at radius 1 is 1.11 bits per heavy atom. The number of hydrogen-bond acceptors (Lipinski definition) is 3. The van der Waals surface area contributed by atoms with Crippen LogP contribution < -0.4 is 14.8 Å². The SMILES string of the molecule is CCOc1cc(Cl)c(CNC(C)C)cc1OCC. The van der Waals surface area contributed by atoms with E-state index in [1.807, 2.05) is 26.0 Å². The normalized spacial score (nSPS) is 10.8. The lowest BCUT2D eigenvalue weighted by atomic mass is 10.2. The maximum atomic E-state index is 6.25. The summed E-state index contributed by atoms with van der Waals surface area (Å²) in [6.45, 7) is 10.0. The van der Waals surface area contributed by atoms with Gasteiger partial charge in [-0.3, -0.25) is 0 Å². The molecule has 0 radical (unpaired) electrons. The van der Waals surface area contributed by atoms with Gasteiger partial charge in [0.2, 0.25) is 0 Å². The molecule has 0 unspecified atom stereocenters. The molecular formula is C14H22ClNO2. The fourth-order valence-corrected chi connectivity index (χ4v) is 1.78. The summed E-state index contributed by atoms with van der Waals surface area (Å²) in [7, 11) is 0. The Labute approximate surface area is 114 Å². The summed E-state index contributed by atoms with van der Waals surface area (Å²) < 4.78 is 11.1. The second kappa shape index (κ2) is 7.49. The summed E-state index contributed by atoms with van der Waals surface area (Å²) in [4.78, 5) is 0. The van der Waals surface area contributed by atoms with Crippen molar-refractivity contribution in [2.45, 2.75) is 40.3 Å². The van der Waals surface area contributed by atoms with E-state index in [0.717, 1.165) is 17.9 Å². The predicted octanol–water partition coefficient (Wildman–Crippen LogP) is 3.64. The molecule has 1 aromatic rings. The second-order valence-electron chi connectivity index (χ2n) is 4.29. The molecule has 0 aromatic heterocycles. The highest BCUT2D eigenvalue weighted by Crippen LogP contribution is 2.33. The van der Waals surface area contributed by atoms with E-state index < -0.39 is 0 Å². The van der Waals surface area contributed by atoms with Crippen LogP contribution in [0.1, 0.15) is 33.3 Å². The van der Waals surface area contributed by atoms with E-state index in [9.17, 15) is 0 Å². The minimum atomic E-state index is 0.420. The van der Waals surface area contributed by atoms with E-state index in [4.69, 9.17) is 21.1 Å². The fourth-order valence-electron chi connectivity index (χ4n) is 1.56. The Hall–Kier alpha value is -0.930. The van der Waals surface area contributed by atoms with Gasteiger partial charge in [-0.15, -0.1) is 0 Å². The third-order valence-electron chi connectivity index (χ3n) is 2.41. The molecule has 1 aromatic carbocycles. The molecule has 0 saturated heterocycles. The molecule has 1 N–H and O–H groups in total. The Balaban J connectivity index is 2.94. The predicted molar refractivity (Wildman–Crippen MR) is 75.8 cm³/mol. The van der Waals surface area contributed by atoms with Crippen LogP contribution in [-0.4, -0.2) is 19.3 Å². The van der Waals surface area contributed by atoms with E-state index in [1.54, 1.807) is 0 Å². The first-order chi connectivity index (χ1) is 8.58. The third kappa shape index (κ3) is 4.39. The van der Waals surface area contributed by atoms with Crippen molar-refractivity contribution in [3.05, 3.63) is 22.7 Å². The lowest BCUT2D eigenvalue weighted by Crippen LogP contribution is -2.22. The standard InChI is InChI=1S/C14H22ClNO2/c1-5-17-13-7-11(9-16-10(3)4)12(15)8-14(13)18-6-2/h7-8,10,16H,5-6,9H2,1-4H3. The van der Waals surface area contributed by atoms with Crippen LogP contribution in [0.3, 0.4) is 0 Å². The zero-order valence-corrected chi connectivity index (χ0v) is 12.3. The van der Waals surface area contributed by atoms with Gasteiger partial charge in [0.1, 0.15) is 0 Å². The monoisotopic (exact) mass is 271 g/mol. The first-order valence-electron chi connectivity index (χ1n) is 6.39. The Morgan fingerprint density at radius 2 is 1.67 bits per heavy atom. The van der Waals surface area contributed by atoms with Gasteiger partial charge in [0.25, 0.3) is 0 Å². The third-order valence-corrected chi connectivity index (χ3v) is 2.77. The van der Waals surface area contributed by atoms with Crippen molar-refractivity contribution in [2.24, 2.45) is 0 Å². The summed E-state index contributed by atoms with van der Waals surface area (Å²) in [6, 6.07) is 4.20. The highest BCUT2D eigenvalue weighted by atomic mass is 35.5. The Morgan fingerprint density at radius 3 is 2.17 bits per heavy atom. The zero-order chi connectivity index (χ0) is 13.5. The zero-order valence-electron chi connectivity index (χ0n) is 11.5.